The number of nitrogens with one attached hydrogen (secondary N) is 1. The lowest BCUT2D eigenvalue weighted by Crippen LogP contribution is -2.43. The van der Waals surface area contributed by atoms with Crippen molar-refractivity contribution in [2.24, 2.45) is 0 Å². The summed E-state index contributed by atoms with van der Waals surface area (Å²) >= 11 is 1.59. The standard InChI is InChI=1S/C13H18N4O3S2/c1-9-5-8-21-11(9)12-15-13(20-16-12)10-3-6-17(7-4-10)22(18,19)14-2/h5,8,10,14H,3-4,6-7H2,1-2H3. The number of piperidine rings is 1. The molecule has 0 aliphatic carbocycles. The lowest BCUT2D eigenvalue weighted by molar-refractivity contribution is 0.269. The third-order valence-electron chi connectivity index (χ3n) is 3.91. The first-order chi connectivity index (χ1) is 10.5. The fraction of sp³-hybridized carbons (Fsp3) is 0.538. The van der Waals surface area contributed by atoms with Crippen molar-refractivity contribution in [3.8, 4) is 10.7 Å². The predicted molar refractivity (Wildman–Crippen MR) is 83.9 cm³/mol. The Morgan fingerprint density at radius 3 is 2.73 bits per heavy atom. The van der Waals surface area contributed by atoms with Crippen molar-refractivity contribution in [2.45, 2.75) is 25.7 Å². The highest BCUT2D eigenvalue weighted by Crippen LogP contribution is 2.31. The van der Waals surface area contributed by atoms with Gasteiger partial charge in [0.1, 0.15) is 0 Å². The molecule has 1 fully saturated rings. The maximum absolute atomic E-state index is 11.8. The third-order valence-corrected chi connectivity index (χ3v) is 6.48. The number of hydrogen-bond donors (Lipinski definition) is 1. The van der Waals surface area contributed by atoms with Gasteiger partial charge in [-0.2, -0.15) is 17.7 Å². The van der Waals surface area contributed by atoms with Gasteiger partial charge < -0.3 is 4.52 Å². The van der Waals surface area contributed by atoms with Gasteiger partial charge in [-0.05, 0) is 36.8 Å². The fourth-order valence-corrected chi connectivity index (χ4v) is 4.37. The second kappa shape index (κ2) is 6.07. The maximum atomic E-state index is 11.8. The Balaban J connectivity index is 1.70. The molecule has 2 aromatic rings. The first-order valence-electron chi connectivity index (χ1n) is 7.08. The molecule has 0 atom stereocenters. The third kappa shape index (κ3) is 2.94. The average Bonchev–Trinajstić information content (AvgIpc) is 3.16. The van der Waals surface area contributed by atoms with Crippen molar-refractivity contribution in [3.63, 3.8) is 0 Å². The largest absolute Gasteiger partial charge is 0.339 e. The predicted octanol–water partition coefficient (Wildman–Crippen LogP) is 1.75. The number of aryl methyl sites for hydroxylation is 1. The summed E-state index contributed by atoms with van der Waals surface area (Å²) in [5.74, 6) is 1.34. The van der Waals surface area contributed by atoms with Crippen molar-refractivity contribution in [3.05, 3.63) is 22.9 Å². The molecule has 22 heavy (non-hydrogen) atoms. The van der Waals surface area contributed by atoms with Crippen LogP contribution in [0, 0.1) is 6.92 Å². The molecule has 0 bridgehead atoms. The molecule has 0 aromatic carbocycles. The molecule has 0 radical (unpaired) electrons. The summed E-state index contributed by atoms with van der Waals surface area (Å²) in [5.41, 5.74) is 1.13. The molecule has 2 aromatic heterocycles. The average molecular weight is 342 g/mol. The molecule has 0 spiro atoms. The quantitative estimate of drug-likeness (QED) is 0.914. The molecular formula is C13H18N4O3S2. The van der Waals surface area contributed by atoms with E-state index in [9.17, 15) is 8.42 Å². The van der Waals surface area contributed by atoms with E-state index in [0.29, 0.717) is 37.6 Å². The van der Waals surface area contributed by atoms with Crippen molar-refractivity contribution >= 4 is 21.5 Å². The van der Waals surface area contributed by atoms with Gasteiger partial charge in [0.2, 0.25) is 11.7 Å². The van der Waals surface area contributed by atoms with Crippen LogP contribution in [0.2, 0.25) is 0 Å². The molecule has 1 N–H and O–H groups in total. The first kappa shape index (κ1) is 15.6. The SMILES string of the molecule is CNS(=O)(=O)N1CCC(c2nc(-c3sccc3C)no2)CC1. The minimum atomic E-state index is -3.34. The van der Waals surface area contributed by atoms with Gasteiger partial charge in [-0.15, -0.1) is 11.3 Å². The Morgan fingerprint density at radius 2 is 2.14 bits per heavy atom. The van der Waals surface area contributed by atoms with Crippen molar-refractivity contribution in [2.75, 3.05) is 20.1 Å². The van der Waals surface area contributed by atoms with E-state index in [4.69, 9.17) is 4.52 Å². The van der Waals surface area contributed by atoms with Gasteiger partial charge in [0.15, 0.2) is 0 Å². The van der Waals surface area contributed by atoms with Gasteiger partial charge in [-0.1, -0.05) is 5.16 Å². The molecule has 3 rings (SSSR count). The van der Waals surface area contributed by atoms with E-state index in [0.717, 1.165) is 10.4 Å². The summed E-state index contributed by atoms with van der Waals surface area (Å²) in [6.07, 6.45) is 1.37. The molecule has 3 heterocycles. The van der Waals surface area contributed by atoms with Crippen LogP contribution in [0.5, 0.6) is 0 Å². The molecular weight excluding hydrogens is 324 g/mol. The van der Waals surface area contributed by atoms with Crippen LogP contribution in [0.1, 0.15) is 30.2 Å². The van der Waals surface area contributed by atoms with Crippen molar-refractivity contribution in [1.82, 2.24) is 19.2 Å². The molecule has 1 aliphatic heterocycles. The van der Waals surface area contributed by atoms with Crippen LogP contribution in [0.4, 0.5) is 0 Å². The Labute approximate surface area is 133 Å². The van der Waals surface area contributed by atoms with Gasteiger partial charge >= 0.3 is 0 Å². The summed E-state index contributed by atoms with van der Waals surface area (Å²) < 4.78 is 32.7. The minimum absolute atomic E-state index is 0.116. The van der Waals surface area contributed by atoms with Gasteiger partial charge in [0.25, 0.3) is 10.2 Å². The van der Waals surface area contributed by atoms with Crippen LogP contribution in [-0.2, 0) is 10.2 Å². The van der Waals surface area contributed by atoms with Gasteiger partial charge in [-0.25, -0.2) is 4.72 Å². The molecule has 0 unspecified atom stereocenters. The highest BCUT2D eigenvalue weighted by molar-refractivity contribution is 7.87. The first-order valence-corrected chi connectivity index (χ1v) is 9.40. The monoisotopic (exact) mass is 342 g/mol. The summed E-state index contributed by atoms with van der Waals surface area (Å²) in [7, 11) is -1.92. The Morgan fingerprint density at radius 1 is 1.41 bits per heavy atom. The Kier molecular flexibility index (Phi) is 4.31. The van der Waals surface area contributed by atoms with E-state index < -0.39 is 10.2 Å². The highest BCUT2D eigenvalue weighted by Gasteiger charge is 2.30. The topological polar surface area (TPSA) is 88.3 Å². The van der Waals surface area contributed by atoms with E-state index in [2.05, 4.69) is 14.9 Å². The molecule has 7 nitrogen and oxygen atoms in total. The molecule has 1 aliphatic rings. The molecule has 120 valence electrons. The number of nitrogens with zero attached hydrogens (tertiary/aromatic N) is 3. The second-order valence-electron chi connectivity index (χ2n) is 5.27. The maximum Gasteiger partial charge on any atom is 0.279 e. The molecule has 0 amide bonds. The number of hydrogen-bond acceptors (Lipinski definition) is 6. The van der Waals surface area contributed by atoms with E-state index >= 15 is 0 Å². The van der Waals surface area contributed by atoms with Crippen LogP contribution in [0.3, 0.4) is 0 Å². The van der Waals surface area contributed by atoms with Gasteiger partial charge in [0, 0.05) is 26.1 Å². The van der Waals surface area contributed by atoms with E-state index in [1.54, 1.807) is 11.3 Å². The molecule has 9 heteroatoms. The highest BCUT2D eigenvalue weighted by atomic mass is 32.2. The van der Waals surface area contributed by atoms with E-state index in [1.807, 2.05) is 18.4 Å². The van der Waals surface area contributed by atoms with Crippen molar-refractivity contribution in [1.29, 1.82) is 0 Å². The Bertz CT molecular complexity index is 745. The normalized spacial score (nSPS) is 17.9. The number of thiophene rings is 1. The lowest BCUT2D eigenvalue weighted by Gasteiger charge is -2.28. The Hall–Kier alpha value is -1.29. The summed E-state index contributed by atoms with van der Waals surface area (Å²) in [5, 5.41) is 6.06. The van der Waals surface area contributed by atoms with Crippen LogP contribution in [0.25, 0.3) is 10.7 Å². The van der Waals surface area contributed by atoms with Gasteiger partial charge in [0.05, 0.1) is 4.88 Å². The molecule has 1 saturated heterocycles. The van der Waals surface area contributed by atoms with Crippen LogP contribution in [-0.4, -0.2) is 43.0 Å². The van der Waals surface area contributed by atoms with E-state index in [-0.39, 0.29) is 5.92 Å². The van der Waals surface area contributed by atoms with Crippen LogP contribution < -0.4 is 4.72 Å². The summed E-state index contributed by atoms with van der Waals surface area (Å²) in [4.78, 5) is 5.51. The van der Waals surface area contributed by atoms with Crippen molar-refractivity contribution < 1.29 is 12.9 Å². The molecule has 0 saturated carbocycles. The van der Waals surface area contributed by atoms with Gasteiger partial charge in [-0.3, -0.25) is 0 Å². The smallest absolute Gasteiger partial charge is 0.279 e. The fourth-order valence-electron chi connectivity index (χ4n) is 2.57. The zero-order valence-electron chi connectivity index (χ0n) is 12.4. The zero-order chi connectivity index (χ0) is 15.7. The summed E-state index contributed by atoms with van der Waals surface area (Å²) in [6.45, 7) is 2.94. The lowest BCUT2D eigenvalue weighted by atomic mass is 9.98. The van der Waals surface area contributed by atoms with Crippen LogP contribution >= 0.6 is 11.3 Å². The number of rotatable bonds is 4. The minimum Gasteiger partial charge on any atom is -0.339 e. The van der Waals surface area contributed by atoms with Crippen LogP contribution in [0.15, 0.2) is 16.0 Å². The zero-order valence-corrected chi connectivity index (χ0v) is 14.1. The second-order valence-corrected chi connectivity index (χ2v) is 8.06. The van der Waals surface area contributed by atoms with E-state index in [1.165, 1.54) is 11.4 Å². The summed E-state index contributed by atoms with van der Waals surface area (Å²) in [6, 6.07) is 2.02. The number of aromatic nitrogens is 2.